The highest BCUT2D eigenvalue weighted by molar-refractivity contribution is 5.75. The van der Waals surface area contributed by atoms with E-state index in [1.807, 2.05) is 6.08 Å². The van der Waals surface area contributed by atoms with E-state index in [2.05, 4.69) is 37.4 Å². The standard InChI is InChI=1S/C41H79NO2/c1-3-5-7-9-11-13-15-17-18-19-20-21-22-23-24-26-28-30-32-34-36-38-41(44)42-39-40(43)37-35-33-31-29-27-25-16-14-12-10-8-6-4-2/h17-18,35,37,40,43H,3-16,19-34,36,38-39H2,1-2H3,(H,42,44)/b18-17-,37-35+/t40-/m1/s1. The molecule has 0 aliphatic rings. The molecule has 0 heterocycles. The fourth-order valence-corrected chi connectivity index (χ4v) is 5.97. The number of rotatable bonds is 36. The van der Waals surface area contributed by atoms with Crippen molar-refractivity contribution >= 4 is 5.91 Å². The molecule has 0 fully saturated rings. The van der Waals surface area contributed by atoms with Crippen LogP contribution in [0, 0.1) is 0 Å². The van der Waals surface area contributed by atoms with E-state index in [1.54, 1.807) is 0 Å². The van der Waals surface area contributed by atoms with Crippen molar-refractivity contribution in [3.63, 3.8) is 0 Å². The van der Waals surface area contributed by atoms with E-state index < -0.39 is 6.10 Å². The van der Waals surface area contributed by atoms with Gasteiger partial charge in [0.05, 0.1) is 6.10 Å². The average Bonchev–Trinajstić information content (AvgIpc) is 3.03. The predicted octanol–water partition coefficient (Wildman–Crippen LogP) is 13.1. The highest BCUT2D eigenvalue weighted by atomic mass is 16.3. The number of hydrogen-bond acceptors (Lipinski definition) is 2. The lowest BCUT2D eigenvalue weighted by molar-refractivity contribution is -0.121. The molecule has 1 amide bonds. The molecule has 3 heteroatoms. The Morgan fingerprint density at radius 3 is 1.18 bits per heavy atom. The van der Waals surface area contributed by atoms with Gasteiger partial charge in [0.25, 0.3) is 0 Å². The number of allylic oxidation sites excluding steroid dienone is 3. The van der Waals surface area contributed by atoms with Crippen molar-refractivity contribution in [3.05, 3.63) is 24.3 Å². The third-order valence-electron chi connectivity index (χ3n) is 9.01. The largest absolute Gasteiger partial charge is 0.387 e. The Labute approximate surface area is 276 Å². The minimum atomic E-state index is -0.566. The van der Waals surface area contributed by atoms with Crippen LogP contribution in [0.15, 0.2) is 24.3 Å². The molecule has 0 aromatic rings. The van der Waals surface area contributed by atoms with Crippen molar-refractivity contribution in [1.82, 2.24) is 5.32 Å². The Morgan fingerprint density at radius 2 is 0.795 bits per heavy atom. The van der Waals surface area contributed by atoms with Crippen LogP contribution in [0.2, 0.25) is 0 Å². The Balaban J connectivity index is 3.33. The Bertz CT molecular complexity index is 614. The number of unbranched alkanes of at least 4 members (excludes halogenated alkanes) is 28. The summed E-state index contributed by atoms with van der Waals surface area (Å²) in [7, 11) is 0. The maximum Gasteiger partial charge on any atom is 0.220 e. The van der Waals surface area contributed by atoms with E-state index in [0.717, 1.165) is 19.3 Å². The summed E-state index contributed by atoms with van der Waals surface area (Å²) in [5.74, 6) is 0.0797. The zero-order valence-electron chi connectivity index (χ0n) is 30.1. The SMILES string of the molecule is CCCCCCCC/C=C\CCCCCCCCCCCCCC(=O)NC[C@H](O)/C=C/CCCCCCCCCCCCC. The first-order chi connectivity index (χ1) is 21.7. The predicted molar refractivity (Wildman–Crippen MR) is 196 cm³/mol. The van der Waals surface area contributed by atoms with Crippen molar-refractivity contribution < 1.29 is 9.90 Å². The molecule has 0 unspecified atom stereocenters. The summed E-state index contributed by atoms with van der Waals surface area (Å²) in [5.41, 5.74) is 0. The van der Waals surface area contributed by atoms with Gasteiger partial charge < -0.3 is 10.4 Å². The van der Waals surface area contributed by atoms with Gasteiger partial charge in [0, 0.05) is 13.0 Å². The highest BCUT2D eigenvalue weighted by Crippen LogP contribution is 2.14. The van der Waals surface area contributed by atoms with E-state index in [-0.39, 0.29) is 5.91 Å². The van der Waals surface area contributed by atoms with Crippen LogP contribution >= 0.6 is 0 Å². The van der Waals surface area contributed by atoms with Gasteiger partial charge in [0.1, 0.15) is 0 Å². The van der Waals surface area contributed by atoms with Gasteiger partial charge in [0.15, 0.2) is 0 Å². The monoisotopic (exact) mass is 618 g/mol. The van der Waals surface area contributed by atoms with E-state index in [4.69, 9.17) is 0 Å². The summed E-state index contributed by atoms with van der Waals surface area (Å²) < 4.78 is 0. The summed E-state index contributed by atoms with van der Waals surface area (Å²) in [5, 5.41) is 13.0. The summed E-state index contributed by atoms with van der Waals surface area (Å²) in [6, 6.07) is 0. The quantitative estimate of drug-likeness (QED) is 0.0543. The van der Waals surface area contributed by atoms with Crippen molar-refractivity contribution in [1.29, 1.82) is 0 Å². The van der Waals surface area contributed by atoms with Crippen molar-refractivity contribution in [2.75, 3.05) is 6.54 Å². The van der Waals surface area contributed by atoms with Crippen molar-refractivity contribution in [2.45, 2.75) is 225 Å². The van der Waals surface area contributed by atoms with Crippen molar-refractivity contribution in [3.8, 4) is 0 Å². The van der Waals surface area contributed by atoms with E-state index in [9.17, 15) is 9.90 Å². The van der Waals surface area contributed by atoms with Crippen LogP contribution in [0.3, 0.4) is 0 Å². The second kappa shape index (κ2) is 38.1. The molecule has 0 aliphatic heterocycles. The van der Waals surface area contributed by atoms with E-state index in [0.29, 0.717) is 13.0 Å². The lowest BCUT2D eigenvalue weighted by atomic mass is 10.0. The van der Waals surface area contributed by atoms with Gasteiger partial charge in [-0.1, -0.05) is 192 Å². The fraction of sp³-hybridized carbons (Fsp3) is 0.878. The maximum absolute atomic E-state index is 12.1. The number of hydrogen-bond donors (Lipinski definition) is 2. The third-order valence-corrected chi connectivity index (χ3v) is 9.01. The average molecular weight is 618 g/mol. The molecule has 0 bridgehead atoms. The normalized spacial score (nSPS) is 12.5. The van der Waals surface area contributed by atoms with Crippen LogP contribution in [0.25, 0.3) is 0 Å². The zero-order chi connectivity index (χ0) is 32.0. The smallest absolute Gasteiger partial charge is 0.220 e. The van der Waals surface area contributed by atoms with Crippen LogP contribution in [0.5, 0.6) is 0 Å². The number of aliphatic hydroxyl groups excluding tert-OH is 1. The molecule has 0 aromatic carbocycles. The molecular formula is C41H79NO2. The molecule has 0 rings (SSSR count). The molecule has 0 aromatic heterocycles. The van der Waals surface area contributed by atoms with Crippen LogP contribution < -0.4 is 5.32 Å². The molecule has 2 N–H and O–H groups in total. The van der Waals surface area contributed by atoms with E-state index >= 15 is 0 Å². The number of nitrogens with one attached hydrogen (secondary N) is 1. The number of amides is 1. The number of carbonyl (C=O) groups is 1. The molecule has 0 aliphatic carbocycles. The first kappa shape index (κ1) is 42.9. The first-order valence-electron chi connectivity index (χ1n) is 20.0. The lowest BCUT2D eigenvalue weighted by Crippen LogP contribution is -2.30. The molecule has 260 valence electrons. The Hall–Kier alpha value is -1.09. The lowest BCUT2D eigenvalue weighted by Gasteiger charge is -2.08. The fourth-order valence-electron chi connectivity index (χ4n) is 5.97. The topological polar surface area (TPSA) is 49.3 Å². The van der Waals surface area contributed by atoms with Crippen LogP contribution in [0.1, 0.15) is 219 Å². The Morgan fingerprint density at radius 1 is 0.477 bits per heavy atom. The number of aliphatic hydroxyl groups is 1. The molecule has 3 nitrogen and oxygen atoms in total. The molecular weight excluding hydrogens is 538 g/mol. The van der Waals surface area contributed by atoms with Gasteiger partial charge in [-0.05, 0) is 44.9 Å². The molecule has 44 heavy (non-hydrogen) atoms. The molecule has 0 saturated carbocycles. The second-order valence-corrected chi connectivity index (χ2v) is 13.6. The van der Waals surface area contributed by atoms with Crippen LogP contribution in [-0.4, -0.2) is 23.7 Å². The number of carbonyl (C=O) groups excluding carboxylic acids is 1. The molecule has 0 spiro atoms. The molecule has 1 atom stereocenters. The van der Waals surface area contributed by atoms with Gasteiger partial charge in [-0.15, -0.1) is 0 Å². The highest BCUT2D eigenvalue weighted by Gasteiger charge is 2.04. The zero-order valence-corrected chi connectivity index (χ0v) is 30.1. The summed E-state index contributed by atoms with van der Waals surface area (Å²) in [4.78, 5) is 12.1. The summed E-state index contributed by atoms with van der Waals surface area (Å²) in [6.07, 6.45) is 49.9. The van der Waals surface area contributed by atoms with Gasteiger partial charge in [-0.25, -0.2) is 0 Å². The maximum atomic E-state index is 12.1. The Kier molecular flexibility index (Phi) is 37.2. The van der Waals surface area contributed by atoms with Gasteiger partial charge in [0.2, 0.25) is 5.91 Å². The minimum Gasteiger partial charge on any atom is -0.387 e. The van der Waals surface area contributed by atoms with Gasteiger partial charge in [-0.3, -0.25) is 4.79 Å². The van der Waals surface area contributed by atoms with Crippen LogP contribution in [0.4, 0.5) is 0 Å². The molecule has 0 radical (unpaired) electrons. The summed E-state index contributed by atoms with van der Waals surface area (Å²) >= 11 is 0. The molecule has 0 saturated heterocycles. The van der Waals surface area contributed by atoms with Gasteiger partial charge in [-0.2, -0.15) is 0 Å². The van der Waals surface area contributed by atoms with Crippen LogP contribution in [-0.2, 0) is 4.79 Å². The summed E-state index contributed by atoms with van der Waals surface area (Å²) in [6.45, 7) is 4.90. The van der Waals surface area contributed by atoms with Gasteiger partial charge >= 0.3 is 0 Å². The first-order valence-corrected chi connectivity index (χ1v) is 20.0. The van der Waals surface area contributed by atoms with Crippen molar-refractivity contribution in [2.24, 2.45) is 0 Å². The second-order valence-electron chi connectivity index (χ2n) is 13.6. The van der Waals surface area contributed by atoms with E-state index in [1.165, 1.54) is 180 Å². The third kappa shape index (κ3) is 37.1. The minimum absolute atomic E-state index is 0.0797.